The van der Waals surface area contributed by atoms with Crippen LogP contribution >= 0.6 is 11.6 Å². The van der Waals surface area contributed by atoms with Gasteiger partial charge in [-0.1, -0.05) is 48.9 Å². The van der Waals surface area contributed by atoms with Crippen molar-refractivity contribution in [3.63, 3.8) is 0 Å². The van der Waals surface area contributed by atoms with Crippen LogP contribution in [0.5, 0.6) is 5.75 Å². The summed E-state index contributed by atoms with van der Waals surface area (Å²) in [7, 11) is 0. The molecule has 2 aromatic rings. The summed E-state index contributed by atoms with van der Waals surface area (Å²) in [6, 6.07) is 14.9. The Balaban J connectivity index is 1.82. The Morgan fingerprint density at radius 2 is 2.09 bits per heavy atom. The van der Waals surface area contributed by atoms with E-state index in [9.17, 15) is 4.79 Å². The SMILES string of the molecule is CCc1cccc(OCC(=O)N/N=C/c2ccccc2Cl)c1. The van der Waals surface area contributed by atoms with Crippen molar-refractivity contribution in [3.8, 4) is 5.75 Å². The van der Waals surface area contributed by atoms with Gasteiger partial charge in [-0.25, -0.2) is 5.43 Å². The Morgan fingerprint density at radius 1 is 1.27 bits per heavy atom. The molecule has 0 fully saturated rings. The van der Waals surface area contributed by atoms with Gasteiger partial charge in [-0.15, -0.1) is 0 Å². The maximum absolute atomic E-state index is 11.7. The van der Waals surface area contributed by atoms with E-state index in [-0.39, 0.29) is 12.5 Å². The second-order valence-corrected chi connectivity index (χ2v) is 5.01. The number of carbonyl (C=O) groups is 1. The number of hydrogen-bond donors (Lipinski definition) is 1. The minimum absolute atomic E-state index is 0.0902. The molecule has 2 rings (SSSR count). The molecule has 0 heterocycles. The Kier molecular flexibility index (Phi) is 5.98. The Labute approximate surface area is 134 Å². The smallest absolute Gasteiger partial charge is 0.277 e. The molecule has 0 aliphatic heterocycles. The number of amides is 1. The van der Waals surface area contributed by atoms with Crippen LogP contribution < -0.4 is 10.2 Å². The van der Waals surface area contributed by atoms with Crippen LogP contribution in [0.1, 0.15) is 18.1 Å². The molecule has 0 aliphatic rings. The normalized spacial score (nSPS) is 10.6. The molecule has 0 atom stereocenters. The third-order valence-electron chi connectivity index (χ3n) is 2.97. The number of nitrogens with zero attached hydrogens (tertiary/aromatic N) is 1. The first-order valence-corrected chi connectivity index (χ1v) is 7.35. The van der Waals surface area contributed by atoms with Gasteiger partial charge in [0.1, 0.15) is 5.75 Å². The number of benzene rings is 2. The number of halogens is 1. The summed E-state index contributed by atoms with van der Waals surface area (Å²) in [6.07, 6.45) is 2.42. The molecule has 0 unspecified atom stereocenters. The number of carbonyl (C=O) groups excluding carboxylic acids is 1. The molecule has 0 spiro atoms. The average molecular weight is 317 g/mol. The molecule has 5 heteroatoms. The number of nitrogens with one attached hydrogen (secondary N) is 1. The summed E-state index contributed by atoms with van der Waals surface area (Å²) in [4.78, 5) is 11.7. The quantitative estimate of drug-likeness (QED) is 0.655. The molecule has 1 amide bonds. The van der Waals surface area contributed by atoms with Crippen LogP contribution in [0.3, 0.4) is 0 Å². The van der Waals surface area contributed by atoms with Crippen molar-refractivity contribution in [2.45, 2.75) is 13.3 Å². The van der Waals surface area contributed by atoms with Gasteiger partial charge in [0.05, 0.1) is 6.21 Å². The van der Waals surface area contributed by atoms with Crippen LogP contribution in [-0.2, 0) is 11.2 Å². The van der Waals surface area contributed by atoms with Gasteiger partial charge in [0.15, 0.2) is 6.61 Å². The monoisotopic (exact) mass is 316 g/mol. The van der Waals surface area contributed by atoms with E-state index in [0.717, 1.165) is 17.5 Å². The first-order chi connectivity index (χ1) is 10.7. The Hall–Kier alpha value is -2.33. The van der Waals surface area contributed by atoms with Gasteiger partial charge < -0.3 is 4.74 Å². The van der Waals surface area contributed by atoms with Crippen LogP contribution in [-0.4, -0.2) is 18.7 Å². The van der Waals surface area contributed by atoms with E-state index < -0.39 is 0 Å². The molecule has 4 nitrogen and oxygen atoms in total. The number of ether oxygens (including phenoxy) is 1. The lowest BCUT2D eigenvalue weighted by Gasteiger charge is -2.06. The van der Waals surface area contributed by atoms with E-state index in [4.69, 9.17) is 16.3 Å². The summed E-state index contributed by atoms with van der Waals surface area (Å²) in [6.45, 7) is 1.97. The molecular formula is C17H17ClN2O2. The van der Waals surface area contributed by atoms with Crippen LogP contribution in [0, 0.1) is 0 Å². The Morgan fingerprint density at radius 3 is 2.86 bits per heavy atom. The maximum atomic E-state index is 11.7. The zero-order valence-electron chi connectivity index (χ0n) is 12.3. The lowest BCUT2D eigenvalue weighted by atomic mass is 10.2. The fraction of sp³-hybridized carbons (Fsp3) is 0.176. The molecule has 0 bridgehead atoms. The van der Waals surface area contributed by atoms with Crippen molar-refractivity contribution in [1.82, 2.24) is 5.43 Å². The molecule has 0 aromatic heterocycles. The van der Waals surface area contributed by atoms with Crippen molar-refractivity contribution in [2.24, 2.45) is 5.10 Å². The zero-order chi connectivity index (χ0) is 15.8. The third-order valence-corrected chi connectivity index (χ3v) is 3.32. The highest BCUT2D eigenvalue weighted by Crippen LogP contribution is 2.13. The van der Waals surface area contributed by atoms with E-state index in [1.807, 2.05) is 42.5 Å². The average Bonchev–Trinajstić information content (AvgIpc) is 2.55. The van der Waals surface area contributed by atoms with Gasteiger partial charge in [0.2, 0.25) is 0 Å². The highest BCUT2D eigenvalue weighted by molar-refractivity contribution is 6.33. The van der Waals surface area contributed by atoms with Crippen LogP contribution in [0.2, 0.25) is 5.02 Å². The minimum Gasteiger partial charge on any atom is -0.484 e. The third kappa shape index (κ3) is 4.90. The van der Waals surface area contributed by atoms with Crippen molar-refractivity contribution in [1.29, 1.82) is 0 Å². The topological polar surface area (TPSA) is 50.7 Å². The number of hydrazone groups is 1. The van der Waals surface area contributed by atoms with Crippen molar-refractivity contribution < 1.29 is 9.53 Å². The summed E-state index contributed by atoms with van der Waals surface area (Å²) in [5, 5.41) is 4.44. The fourth-order valence-electron chi connectivity index (χ4n) is 1.79. The highest BCUT2D eigenvalue weighted by Gasteiger charge is 2.02. The standard InChI is InChI=1S/C17H17ClN2O2/c1-2-13-6-5-8-15(10-13)22-12-17(21)20-19-11-14-7-3-4-9-16(14)18/h3-11H,2,12H2,1H3,(H,20,21)/b19-11+. The van der Waals surface area contributed by atoms with E-state index >= 15 is 0 Å². The van der Waals surface area contributed by atoms with Crippen molar-refractivity contribution >= 4 is 23.7 Å². The predicted octanol–water partition coefficient (Wildman–Crippen LogP) is 3.43. The van der Waals surface area contributed by atoms with Crippen LogP contribution in [0.4, 0.5) is 0 Å². The molecular weight excluding hydrogens is 300 g/mol. The summed E-state index contributed by atoms with van der Waals surface area (Å²) in [5.74, 6) is 0.342. The molecule has 22 heavy (non-hydrogen) atoms. The van der Waals surface area contributed by atoms with Crippen LogP contribution in [0.25, 0.3) is 0 Å². The van der Waals surface area contributed by atoms with Gasteiger partial charge in [-0.2, -0.15) is 5.10 Å². The van der Waals surface area contributed by atoms with Crippen molar-refractivity contribution in [3.05, 3.63) is 64.7 Å². The second kappa shape index (κ2) is 8.20. The molecule has 1 N–H and O–H groups in total. The molecule has 0 radical (unpaired) electrons. The summed E-state index contributed by atoms with van der Waals surface area (Å²) < 4.78 is 5.42. The first-order valence-electron chi connectivity index (χ1n) is 6.97. The summed E-state index contributed by atoms with van der Waals surface area (Å²) >= 11 is 5.98. The first kappa shape index (κ1) is 16.0. The highest BCUT2D eigenvalue weighted by atomic mass is 35.5. The molecule has 0 saturated carbocycles. The molecule has 2 aromatic carbocycles. The molecule has 0 saturated heterocycles. The predicted molar refractivity (Wildman–Crippen MR) is 88.5 cm³/mol. The molecule has 114 valence electrons. The lowest BCUT2D eigenvalue weighted by molar-refractivity contribution is -0.123. The second-order valence-electron chi connectivity index (χ2n) is 4.60. The number of rotatable bonds is 6. The van der Waals surface area contributed by atoms with Gasteiger partial charge in [-0.05, 0) is 30.2 Å². The fourth-order valence-corrected chi connectivity index (χ4v) is 1.97. The minimum atomic E-state index is -0.329. The van der Waals surface area contributed by atoms with Crippen LogP contribution in [0.15, 0.2) is 53.6 Å². The van der Waals surface area contributed by atoms with Gasteiger partial charge >= 0.3 is 0 Å². The largest absolute Gasteiger partial charge is 0.484 e. The van der Waals surface area contributed by atoms with E-state index in [1.54, 1.807) is 6.07 Å². The number of hydrogen-bond acceptors (Lipinski definition) is 3. The van der Waals surface area contributed by atoms with E-state index in [0.29, 0.717) is 10.8 Å². The zero-order valence-corrected chi connectivity index (χ0v) is 13.0. The lowest BCUT2D eigenvalue weighted by Crippen LogP contribution is -2.24. The van der Waals surface area contributed by atoms with E-state index in [2.05, 4.69) is 17.5 Å². The Bertz CT molecular complexity index is 671. The maximum Gasteiger partial charge on any atom is 0.277 e. The van der Waals surface area contributed by atoms with E-state index in [1.165, 1.54) is 6.21 Å². The number of aryl methyl sites for hydroxylation is 1. The molecule has 0 aliphatic carbocycles. The van der Waals surface area contributed by atoms with Crippen molar-refractivity contribution in [2.75, 3.05) is 6.61 Å². The van der Waals surface area contributed by atoms with Gasteiger partial charge in [-0.3, -0.25) is 4.79 Å². The van der Waals surface area contributed by atoms with Gasteiger partial charge in [0, 0.05) is 10.6 Å². The van der Waals surface area contributed by atoms with Gasteiger partial charge in [0.25, 0.3) is 5.91 Å². The summed E-state index contributed by atoms with van der Waals surface area (Å²) in [5.41, 5.74) is 4.30.